The summed E-state index contributed by atoms with van der Waals surface area (Å²) in [6, 6.07) is 9.32. The van der Waals surface area contributed by atoms with Crippen LogP contribution in [-0.2, 0) is 0 Å². The van der Waals surface area contributed by atoms with E-state index in [4.69, 9.17) is 5.73 Å². The number of nitrogens with two attached hydrogens (primary N) is 1. The lowest BCUT2D eigenvalue weighted by Crippen LogP contribution is -2.15. The first kappa shape index (κ1) is 14.0. The summed E-state index contributed by atoms with van der Waals surface area (Å²) in [6.07, 6.45) is 0. The van der Waals surface area contributed by atoms with E-state index >= 15 is 0 Å². The van der Waals surface area contributed by atoms with Gasteiger partial charge in [0.05, 0.1) is 11.3 Å². The molecule has 0 fully saturated rings. The van der Waals surface area contributed by atoms with Crippen molar-refractivity contribution in [1.82, 2.24) is 0 Å². The van der Waals surface area contributed by atoms with Gasteiger partial charge in [0.2, 0.25) is 0 Å². The third kappa shape index (κ3) is 3.13. The molecule has 98 valence electrons. The van der Waals surface area contributed by atoms with Gasteiger partial charge in [0.25, 0.3) is 5.91 Å². The zero-order chi connectivity index (χ0) is 14.0. The molecule has 2 aromatic rings. The Kier molecular flexibility index (Phi) is 4.21. The molecule has 0 aromatic heterocycles. The Morgan fingerprint density at radius 3 is 2.53 bits per heavy atom. The van der Waals surface area contributed by atoms with Crippen molar-refractivity contribution in [3.8, 4) is 0 Å². The van der Waals surface area contributed by atoms with Crippen LogP contribution in [-0.4, -0.2) is 5.91 Å². The number of carbonyl (C=O) groups is 1. The molecule has 0 aliphatic heterocycles. The summed E-state index contributed by atoms with van der Waals surface area (Å²) in [5.74, 6) is -1.12. The zero-order valence-corrected chi connectivity index (χ0v) is 12.8. The lowest BCUT2D eigenvalue weighted by atomic mass is 10.2. The highest BCUT2D eigenvalue weighted by Crippen LogP contribution is 2.27. The molecular weight excluding hydrogens is 379 g/mol. The minimum atomic E-state index is -0.585. The first-order valence-electron chi connectivity index (χ1n) is 5.29. The lowest BCUT2D eigenvalue weighted by molar-refractivity contribution is 0.102. The van der Waals surface area contributed by atoms with Crippen molar-refractivity contribution < 1.29 is 9.18 Å². The zero-order valence-electron chi connectivity index (χ0n) is 9.58. The number of nitrogen functional groups attached to an aromatic ring is 1. The van der Waals surface area contributed by atoms with Gasteiger partial charge in [0.1, 0.15) is 5.82 Å². The van der Waals surface area contributed by atoms with Gasteiger partial charge >= 0.3 is 0 Å². The molecule has 0 aliphatic rings. The summed E-state index contributed by atoms with van der Waals surface area (Å²) in [7, 11) is 0. The maximum atomic E-state index is 13.6. The molecule has 0 heterocycles. The van der Waals surface area contributed by atoms with Crippen LogP contribution in [0.2, 0.25) is 0 Å². The number of carbonyl (C=O) groups excluding carboxylic acids is 1. The van der Waals surface area contributed by atoms with Crippen molar-refractivity contribution >= 4 is 49.1 Å². The van der Waals surface area contributed by atoms with E-state index in [1.807, 2.05) is 0 Å². The van der Waals surface area contributed by atoms with Gasteiger partial charge in [-0.2, -0.15) is 0 Å². The fourth-order valence-electron chi connectivity index (χ4n) is 1.53. The molecule has 0 spiro atoms. The fourth-order valence-corrected chi connectivity index (χ4v) is 2.55. The molecule has 0 radical (unpaired) electrons. The van der Waals surface area contributed by atoms with Crippen LogP contribution in [0.25, 0.3) is 0 Å². The average molecular weight is 388 g/mol. The Morgan fingerprint density at radius 1 is 1.16 bits per heavy atom. The van der Waals surface area contributed by atoms with Crippen molar-refractivity contribution in [1.29, 1.82) is 0 Å². The Labute approximate surface area is 126 Å². The van der Waals surface area contributed by atoms with Crippen LogP contribution in [0, 0.1) is 5.82 Å². The van der Waals surface area contributed by atoms with Gasteiger partial charge < -0.3 is 11.1 Å². The first-order chi connectivity index (χ1) is 8.99. The van der Waals surface area contributed by atoms with Crippen LogP contribution in [0.1, 0.15) is 10.4 Å². The van der Waals surface area contributed by atoms with Crippen LogP contribution >= 0.6 is 31.9 Å². The van der Waals surface area contributed by atoms with Crippen LogP contribution in [0.4, 0.5) is 15.8 Å². The summed E-state index contributed by atoms with van der Waals surface area (Å²) in [5.41, 5.74) is 6.66. The van der Waals surface area contributed by atoms with Gasteiger partial charge in [-0.05, 0) is 62.2 Å². The van der Waals surface area contributed by atoms with Gasteiger partial charge in [0.15, 0.2) is 0 Å². The molecule has 3 nitrogen and oxygen atoms in total. The van der Waals surface area contributed by atoms with Gasteiger partial charge in [-0.25, -0.2) is 4.39 Å². The minimum absolute atomic E-state index is 0.0359. The number of amides is 1. The predicted molar refractivity (Wildman–Crippen MR) is 80.6 cm³/mol. The Bertz CT molecular complexity index is 626. The number of benzene rings is 2. The molecule has 2 aromatic carbocycles. The van der Waals surface area contributed by atoms with E-state index in [-0.39, 0.29) is 5.56 Å². The molecule has 0 saturated heterocycles. The van der Waals surface area contributed by atoms with Crippen LogP contribution in [0.5, 0.6) is 0 Å². The van der Waals surface area contributed by atoms with Gasteiger partial charge in [-0.15, -0.1) is 0 Å². The fraction of sp³-hybridized carbons (Fsp3) is 0. The molecule has 6 heteroatoms. The lowest BCUT2D eigenvalue weighted by Gasteiger charge is -2.09. The topological polar surface area (TPSA) is 55.1 Å². The number of anilines is 2. The van der Waals surface area contributed by atoms with Crippen LogP contribution in [0.3, 0.4) is 0 Å². The SMILES string of the molecule is Nc1ccc(NC(=O)c2c(F)cccc2Br)c(Br)c1. The summed E-state index contributed by atoms with van der Waals surface area (Å²) >= 11 is 6.44. The second kappa shape index (κ2) is 5.71. The smallest absolute Gasteiger partial charge is 0.259 e. The van der Waals surface area contributed by atoms with Gasteiger partial charge in [-0.3, -0.25) is 4.79 Å². The standard InChI is InChI=1S/C13H9Br2FN2O/c14-8-2-1-3-10(16)12(8)13(19)18-11-5-4-7(17)6-9(11)15/h1-6H,17H2,(H,18,19). The summed E-state index contributed by atoms with van der Waals surface area (Å²) in [4.78, 5) is 12.1. The number of halogens is 3. The molecule has 0 saturated carbocycles. The highest BCUT2D eigenvalue weighted by atomic mass is 79.9. The molecule has 0 aliphatic carbocycles. The normalized spacial score (nSPS) is 10.3. The molecule has 19 heavy (non-hydrogen) atoms. The number of hydrogen-bond donors (Lipinski definition) is 2. The van der Waals surface area contributed by atoms with Crippen LogP contribution in [0.15, 0.2) is 45.3 Å². The first-order valence-corrected chi connectivity index (χ1v) is 6.88. The quantitative estimate of drug-likeness (QED) is 0.759. The summed E-state index contributed by atoms with van der Waals surface area (Å²) in [6.45, 7) is 0. The van der Waals surface area contributed by atoms with E-state index in [1.165, 1.54) is 12.1 Å². The third-order valence-corrected chi connectivity index (χ3v) is 3.75. The summed E-state index contributed by atoms with van der Waals surface area (Å²) < 4.78 is 14.7. The highest BCUT2D eigenvalue weighted by Gasteiger charge is 2.16. The molecule has 1 amide bonds. The maximum absolute atomic E-state index is 13.6. The Morgan fingerprint density at radius 2 is 1.89 bits per heavy atom. The molecule has 0 unspecified atom stereocenters. The van der Waals surface area contributed by atoms with Crippen molar-refractivity contribution in [2.75, 3.05) is 11.1 Å². The van der Waals surface area contributed by atoms with Crippen molar-refractivity contribution in [2.45, 2.75) is 0 Å². The Hall–Kier alpha value is -1.40. The monoisotopic (exact) mass is 386 g/mol. The van der Waals surface area contributed by atoms with E-state index in [0.29, 0.717) is 20.3 Å². The third-order valence-electron chi connectivity index (χ3n) is 2.43. The van der Waals surface area contributed by atoms with E-state index in [2.05, 4.69) is 37.2 Å². The highest BCUT2D eigenvalue weighted by molar-refractivity contribution is 9.11. The second-order valence-corrected chi connectivity index (χ2v) is 5.50. The van der Waals surface area contributed by atoms with Crippen LogP contribution < -0.4 is 11.1 Å². The largest absolute Gasteiger partial charge is 0.399 e. The number of nitrogens with one attached hydrogen (secondary N) is 1. The molecule has 3 N–H and O–H groups in total. The molecule has 2 rings (SSSR count). The van der Waals surface area contributed by atoms with E-state index in [0.717, 1.165) is 0 Å². The van der Waals surface area contributed by atoms with Gasteiger partial charge in [-0.1, -0.05) is 6.07 Å². The average Bonchev–Trinajstić information content (AvgIpc) is 2.32. The second-order valence-electron chi connectivity index (χ2n) is 3.79. The predicted octanol–water partition coefficient (Wildman–Crippen LogP) is 4.19. The maximum Gasteiger partial charge on any atom is 0.259 e. The van der Waals surface area contributed by atoms with Crippen molar-refractivity contribution in [3.63, 3.8) is 0 Å². The molecule has 0 bridgehead atoms. The van der Waals surface area contributed by atoms with Crippen molar-refractivity contribution in [3.05, 3.63) is 56.7 Å². The minimum Gasteiger partial charge on any atom is -0.399 e. The summed E-state index contributed by atoms with van der Waals surface area (Å²) in [5, 5.41) is 2.62. The van der Waals surface area contributed by atoms with E-state index < -0.39 is 11.7 Å². The van der Waals surface area contributed by atoms with Crippen molar-refractivity contribution in [2.24, 2.45) is 0 Å². The number of rotatable bonds is 2. The Balaban J connectivity index is 2.31. The van der Waals surface area contributed by atoms with Gasteiger partial charge in [0, 0.05) is 14.6 Å². The molecule has 0 atom stereocenters. The molecular formula is C13H9Br2FN2O. The van der Waals surface area contributed by atoms with E-state index in [1.54, 1.807) is 24.3 Å². The number of hydrogen-bond acceptors (Lipinski definition) is 2. The van der Waals surface area contributed by atoms with E-state index in [9.17, 15) is 9.18 Å².